The quantitative estimate of drug-likeness (QED) is 0.219. The molecular formula is C18H36O5. The normalized spacial score (nSPS) is 9.83. The SMILES string of the molecule is CCCCCCCCCCCCCCCC.O=C(O)OC(=O)O. The van der Waals surface area contributed by atoms with E-state index in [-0.39, 0.29) is 0 Å². The molecule has 0 bridgehead atoms. The summed E-state index contributed by atoms with van der Waals surface area (Å²) in [5.74, 6) is 0. The Morgan fingerprint density at radius 2 is 0.783 bits per heavy atom. The van der Waals surface area contributed by atoms with Crippen LogP contribution in [-0.4, -0.2) is 22.5 Å². The van der Waals surface area contributed by atoms with Crippen molar-refractivity contribution in [2.75, 3.05) is 0 Å². The molecule has 0 radical (unpaired) electrons. The Kier molecular flexibility index (Phi) is 21.6. The van der Waals surface area contributed by atoms with Crippen molar-refractivity contribution < 1.29 is 24.5 Å². The maximum Gasteiger partial charge on any atom is 0.516 e. The first-order chi connectivity index (χ1) is 11.0. The van der Waals surface area contributed by atoms with Crippen LogP contribution in [0, 0.1) is 0 Å². The maximum atomic E-state index is 9.21. The Balaban J connectivity index is 0. The highest BCUT2D eigenvalue weighted by Gasteiger charge is 2.01. The standard InChI is InChI=1S/C16H34.C2H2O5/c1-3-5-7-9-11-13-15-16-14-12-10-8-6-4-2;3-1(4)7-2(5)6/h3-16H2,1-2H3;(H,3,4)(H,5,6). The largest absolute Gasteiger partial charge is 0.516 e. The third-order valence-corrected chi connectivity index (χ3v) is 3.63. The Morgan fingerprint density at radius 3 is 0.913 bits per heavy atom. The van der Waals surface area contributed by atoms with Gasteiger partial charge >= 0.3 is 12.3 Å². The van der Waals surface area contributed by atoms with Gasteiger partial charge in [0.2, 0.25) is 0 Å². The summed E-state index contributed by atoms with van der Waals surface area (Å²) in [6.07, 6.45) is 16.8. The second-order valence-corrected chi connectivity index (χ2v) is 5.88. The summed E-state index contributed by atoms with van der Waals surface area (Å²) in [6, 6.07) is 0. The molecule has 0 aliphatic carbocycles. The van der Waals surface area contributed by atoms with E-state index in [0.717, 1.165) is 0 Å². The number of carbonyl (C=O) groups is 2. The molecule has 2 N–H and O–H groups in total. The molecule has 138 valence electrons. The zero-order valence-electron chi connectivity index (χ0n) is 15.0. The first-order valence-electron chi connectivity index (χ1n) is 9.18. The molecule has 0 aromatic rings. The number of ether oxygens (including phenoxy) is 1. The highest BCUT2D eigenvalue weighted by molar-refractivity contribution is 5.74. The average Bonchev–Trinajstić information content (AvgIpc) is 2.48. The number of rotatable bonds is 13. The van der Waals surface area contributed by atoms with E-state index in [2.05, 4.69) is 18.6 Å². The van der Waals surface area contributed by atoms with E-state index in [9.17, 15) is 9.59 Å². The number of unbranched alkanes of at least 4 members (excludes halogenated alkanes) is 13. The van der Waals surface area contributed by atoms with E-state index >= 15 is 0 Å². The van der Waals surface area contributed by atoms with Crippen LogP contribution in [0.3, 0.4) is 0 Å². The second-order valence-electron chi connectivity index (χ2n) is 5.88. The zero-order valence-corrected chi connectivity index (χ0v) is 15.0. The topological polar surface area (TPSA) is 83.8 Å². The first-order valence-corrected chi connectivity index (χ1v) is 9.18. The summed E-state index contributed by atoms with van der Waals surface area (Å²) in [5, 5.41) is 15.0. The summed E-state index contributed by atoms with van der Waals surface area (Å²) in [7, 11) is 0. The van der Waals surface area contributed by atoms with Crippen LogP contribution < -0.4 is 0 Å². The lowest BCUT2D eigenvalue weighted by atomic mass is 10.0. The number of carboxylic acid groups (broad SMARTS) is 2. The van der Waals surface area contributed by atoms with Gasteiger partial charge in [0.25, 0.3) is 0 Å². The molecule has 0 atom stereocenters. The lowest BCUT2D eigenvalue weighted by Crippen LogP contribution is -2.05. The molecule has 0 heterocycles. The second kappa shape index (κ2) is 20.7. The molecule has 0 unspecified atom stereocenters. The van der Waals surface area contributed by atoms with Gasteiger partial charge in [0.1, 0.15) is 0 Å². The maximum absolute atomic E-state index is 9.21. The molecule has 0 aromatic carbocycles. The van der Waals surface area contributed by atoms with Crippen molar-refractivity contribution in [2.24, 2.45) is 0 Å². The van der Waals surface area contributed by atoms with Crippen LogP contribution >= 0.6 is 0 Å². The zero-order chi connectivity index (χ0) is 17.8. The molecule has 0 rings (SSSR count). The molecule has 5 nitrogen and oxygen atoms in total. The number of hydrogen-bond donors (Lipinski definition) is 2. The van der Waals surface area contributed by atoms with Crippen LogP contribution in [-0.2, 0) is 4.74 Å². The van der Waals surface area contributed by atoms with E-state index in [1.165, 1.54) is 89.9 Å². The highest BCUT2D eigenvalue weighted by atomic mass is 16.7. The van der Waals surface area contributed by atoms with Crippen molar-refractivity contribution in [1.29, 1.82) is 0 Å². The van der Waals surface area contributed by atoms with Gasteiger partial charge in [-0.15, -0.1) is 0 Å². The van der Waals surface area contributed by atoms with Gasteiger partial charge in [-0.25, -0.2) is 9.59 Å². The molecular weight excluding hydrogens is 296 g/mol. The molecule has 0 saturated carbocycles. The minimum atomic E-state index is -1.81. The van der Waals surface area contributed by atoms with Crippen molar-refractivity contribution >= 4 is 12.3 Å². The van der Waals surface area contributed by atoms with Crippen molar-refractivity contribution in [3.63, 3.8) is 0 Å². The van der Waals surface area contributed by atoms with Crippen molar-refractivity contribution in [3.8, 4) is 0 Å². The van der Waals surface area contributed by atoms with Gasteiger partial charge in [0.15, 0.2) is 0 Å². The Hall–Kier alpha value is -1.26. The van der Waals surface area contributed by atoms with Gasteiger partial charge in [-0.1, -0.05) is 104 Å². The summed E-state index contributed by atoms with van der Waals surface area (Å²) >= 11 is 0. The van der Waals surface area contributed by atoms with Gasteiger partial charge in [0.05, 0.1) is 0 Å². The fraction of sp³-hybridized carbons (Fsp3) is 0.889. The van der Waals surface area contributed by atoms with E-state index in [0.29, 0.717) is 0 Å². The van der Waals surface area contributed by atoms with Gasteiger partial charge in [-0.05, 0) is 0 Å². The minimum absolute atomic E-state index is 1.37. The molecule has 0 saturated heterocycles. The molecule has 0 aliphatic heterocycles. The lowest BCUT2D eigenvalue weighted by Gasteiger charge is -2.02. The van der Waals surface area contributed by atoms with Gasteiger partial charge in [0, 0.05) is 0 Å². The fourth-order valence-corrected chi connectivity index (χ4v) is 2.34. The van der Waals surface area contributed by atoms with Gasteiger partial charge < -0.3 is 14.9 Å². The molecule has 0 fully saturated rings. The lowest BCUT2D eigenvalue weighted by molar-refractivity contribution is 0.0802. The predicted molar refractivity (Wildman–Crippen MR) is 93.1 cm³/mol. The van der Waals surface area contributed by atoms with Crippen LogP contribution in [0.25, 0.3) is 0 Å². The summed E-state index contributed by atoms with van der Waals surface area (Å²) in [6.45, 7) is 4.58. The van der Waals surface area contributed by atoms with Crippen LogP contribution in [0.4, 0.5) is 9.59 Å². The smallest absolute Gasteiger partial charge is 0.449 e. The molecule has 0 aliphatic rings. The number of hydrogen-bond acceptors (Lipinski definition) is 3. The van der Waals surface area contributed by atoms with E-state index in [1.807, 2.05) is 0 Å². The van der Waals surface area contributed by atoms with E-state index < -0.39 is 12.3 Å². The van der Waals surface area contributed by atoms with Crippen molar-refractivity contribution in [1.82, 2.24) is 0 Å². The molecule has 23 heavy (non-hydrogen) atoms. The van der Waals surface area contributed by atoms with Crippen LogP contribution in [0.5, 0.6) is 0 Å². The van der Waals surface area contributed by atoms with Crippen LogP contribution in [0.1, 0.15) is 104 Å². The molecule has 0 amide bonds. The van der Waals surface area contributed by atoms with Gasteiger partial charge in [-0.2, -0.15) is 0 Å². The molecule has 5 heteroatoms. The Morgan fingerprint density at radius 1 is 0.565 bits per heavy atom. The van der Waals surface area contributed by atoms with Crippen molar-refractivity contribution in [3.05, 3.63) is 0 Å². The minimum Gasteiger partial charge on any atom is -0.449 e. The average molecular weight is 332 g/mol. The van der Waals surface area contributed by atoms with E-state index in [4.69, 9.17) is 10.2 Å². The fourth-order valence-electron chi connectivity index (χ4n) is 2.34. The first kappa shape index (κ1) is 24.0. The molecule has 0 aromatic heterocycles. The summed E-state index contributed by atoms with van der Waals surface area (Å²) < 4.78 is 3.08. The van der Waals surface area contributed by atoms with Crippen molar-refractivity contribution in [2.45, 2.75) is 104 Å². The third kappa shape index (κ3) is 29.4. The Bertz CT molecular complexity index is 240. The summed E-state index contributed by atoms with van der Waals surface area (Å²) in [4.78, 5) is 18.4. The van der Waals surface area contributed by atoms with Crippen LogP contribution in [0.15, 0.2) is 0 Å². The monoisotopic (exact) mass is 332 g/mol. The summed E-state index contributed by atoms with van der Waals surface area (Å²) in [5.41, 5.74) is 0. The highest BCUT2D eigenvalue weighted by Crippen LogP contribution is 2.12. The predicted octanol–water partition coefficient (Wildman–Crippen LogP) is 6.85. The third-order valence-electron chi connectivity index (χ3n) is 3.63. The van der Waals surface area contributed by atoms with E-state index in [1.54, 1.807) is 0 Å². The Labute approximate surface area is 141 Å². The van der Waals surface area contributed by atoms with Crippen LogP contribution in [0.2, 0.25) is 0 Å². The molecule has 0 spiro atoms. The van der Waals surface area contributed by atoms with Gasteiger partial charge in [-0.3, -0.25) is 0 Å².